The van der Waals surface area contributed by atoms with Crippen LogP contribution < -0.4 is 16.8 Å². The highest BCUT2D eigenvalue weighted by Crippen LogP contribution is 2.34. The number of aliphatic imine (C=N–C) groups is 1. The van der Waals surface area contributed by atoms with Gasteiger partial charge in [0, 0.05) is 6.07 Å². The van der Waals surface area contributed by atoms with Crippen LogP contribution in [0.3, 0.4) is 0 Å². The van der Waals surface area contributed by atoms with Crippen molar-refractivity contribution in [3.63, 3.8) is 0 Å². The molecule has 0 spiro atoms. The van der Waals surface area contributed by atoms with Crippen LogP contribution in [0.15, 0.2) is 22.4 Å². The third-order valence-corrected chi connectivity index (χ3v) is 3.83. The van der Waals surface area contributed by atoms with Gasteiger partial charge in [0.15, 0.2) is 23.2 Å². The van der Waals surface area contributed by atoms with E-state index in [-0.39, 0.29) is 66.7 Å². The van der Waals surface area contributed by atoms with Crippen LogP contribution in [-0.4, -0.2) is 72.6 Å². The average molecular weight is 388 g/mol. The summed E-state index contributed by atoms with van der Waals surface area (Å²) in [5.74, 6) is 0.0456. The van der Waals surface area contributed by atoms with Crippen molar-refractivity contribution in [1.29, 1.82) is 5.41 Å². The van der Waals surface area contributed by atoms with Gasteiger partial charge >= 0.3 is 0 Å². The first-order valence-electron chi connectivity index (χ1n) is 8.23. The van der Waals surface area contributed by atoms with Crippen LogP contribution in [0.5, 0.6) is 5.75 Å². The molecule has 1 aliphatic rings. The van der Waals surface area contributed by atoms with Crippen molar-refractivity contribution in [2.24, 2.45) is 10.1 Å². The molecule has 1 aliphatic heterocycles. The maximum Gasteiger partial charge on any atom is 0.169 e. The van der Waals surface area contributed by atoms with Crippen LogP contribution in [0, 0.1) is 5.41 Å². The summed E-state index contributed by atoms with van der Waals surface area (Å²) < 4.78 is 1.41. The van der Waals surface area contributed by atoms with Gasteiger partial charge in [-0.15, -0.1) is 0 Å². The molecule has 0 amide bonds. The minimum Gasteiger partial charge on any atom is -0.504 e. The monoisotopic (exact) mass is 388 g/mol. The molecule has 3 heterocycles. The quantitative estimate of drug-likeness (QED) is 0.317. The zero-order valence-electron chi connectivity index (χ0n) is 14.7. The largest absolute Gasteiger partial charge is 0.504 e. The van der Waals surface area contributed by atoms with Crippen molar-refractivity contribution in [3.8, 4) is 5.75 Å². The van der Waals surface area contributed by atoms with Crippen LogP contribution in [0.25, 0.3) is 0 Å². The van der Waals surface area contributed by atoms with E-state index in [1.165, 1.54) is 28.2 Å². The third-order valence-electron chi connectivity index (χ3n) is 3.83. The van der Waals surface area contributed by atoms with Crippen molar-refractivity contribution >= 4 is 46.6 Å². The number of aliphatic hydroxyl groups is 2. The fourth-order valence-corrected chi connectivity index (χ4v) is 2.43. The molecule has 0 fully saturated rings. The van der Waals surface area contributed by atoms with E-state index in [1.54, 1.807) is 0 Å². The molecule has 13 heteroatoms. The second-order valence-corrected chi connectivity index (χ2v) is 5.71. The first-order valence-corrected chi connectivity index (χ1v) is 8.23. The topological polar surface area (TPSA) is 207 Å². The summed E-state index contributed by atoms with van der Waals surface area (Å²) in [6.45, 7) is 0.0922. The Labute approximate surface area is 159 Å². The van der Waals surface area contributed by atoms with Gasteiger partial charge in [-0.2, -0.15) is 10.2 Å². The lowest BCUT2D eigenvalue weighted by Gasteiger charge is -2.12. The van der Waals surface area contributed by atoms with Crippen molar-refractivity contribution in [2.45, 2.75) is 6.54 Å². The van der Waals surface area contributed by atoms with Crippen LogP contribution in [0.2, 0.25) is 0 Å². The molecule has 0 saturated carbocycles. The zero-order valence-corrected chi connectivity index (χ0v) is 14.7. The Morgan fingerprint density at radius 3 is 2.68 bits per heavy atom. The molecule has 28 heavy (non-hydrogen) atoms. The third kappa shape index (κ3) is 3.70. The molecule has 0 atom stereocenters. The summed E-state index contributed by atoms with van der Waals surface area (Å²) in [5, 5.41) is 48.3. The Bertz CT molecular complexity index is 952. The number of hydrogen-bond acceptors (Lipinski definition) is 11. The number of aliphatic hydroxyl groups excluding tert-OH is 2. The second-order valence-electron chi connectivity index (χ2n) is 5.71. The number of anilines is 4. The van der Waals surface area contributed by atoms with Gasteiger partial charge in [0.1, 0.15) is 22.9 Å². The SMILES string of the molecule is N=C1C(=Nc2cc(O)c(N)nc2Nc2cnn(CCO)c2N)C=NN1CCO. The smallest absolute Gasteiger partial charge is 0.169 e. The Balaban J connectivity index is 1.95. The number of nitrogens with zero attached hydrogens (tertiary/aromatic N) is 6. The van der Waals surface area contributed by atoms with Crippen molar-refractivity contribution in [3.05, 3.63) is 12.3 Å². The number of hydrazone groups is 1. The van der Waals surface area contributed by atoms with Gasteiger partial charge in [0.25, 0.3) is 0 Å². The lowest BCUT2D eigenvalue weighted by molar-refractivity contribution is 0.255. The van der Waals surface area contributed by atoms with E-state index >= 15 is 0 Å². The summed E-state index contributed by atoms with van der Waals surface area (Å²) in [7, 11) is 0. The van der Waals surface area contributed by atoms with Gasteiger partial charge in [-0.05, 0) is 0 Å². The fraction of sp³-hybridized carbons (Fsp3) is 0.267. The summed E-state index contributed by atoms with van der Waals surface area (Å²) in [4.78, 5) is 8.40. The molecule has 2 aromatic heterocycles. The number of β-amino-alcohol motifs (C(OH)–C–C–N with tert-alkyl or cyclic N) is 1. The fourth-order valence-electron chi connectivity index (χ4n) is 2.43. The molecule has 0 bridgehead atoms. The minimum absolute atomic E-state index is 0.00778. The molecule has 148 valence electrons. The van der Waals surface area contributed by atoms with Crippen molar-refractivity contribution < 1.29 is 15.3 Å². The van der Waals surface area contributed by atoms with Gasteiger partial charge in [-0.1, -0.05) is 0 Å². The first kappa shape index (κ1) is 19.1. The van der Waals surface area contributed by atoms with Crippen LogP contribution in [-0.2, 0) is 6.54 Å². The highest BCUT2D eigenvalue weighted by Gasteiger charge is 2.21. The van der Waals surface area contributed by atoms with E-state index in [0.29, 0.717) is 5.69 Å². The normalized spacial score (nSPS) is 15.0. The Morgan fingerprint density at radius 2 is 1.96 bits per heavy atom. The molecule has 0 aliphatic carbocycles. The standard InChI is InChI=1S/C15H20N10O3/c16-12-11(28)5-8(21-9-6-19-24(1-3-26)13(9)17)15(23-12)22-10-7-20-25(2-4-27)14(10)18/h5-7,17,26-28H,1-4,18H2,(H3,16,22,23). The number of hydrogen-bond donors (Lipinski definition) is 7. The van der Waals surface area contributed by atoms with E-state index in [0.717, 1.165) is 0 Å². The molecular formula is C15H20N10O3. The predicted molar refractivity (Wildman–Crippen MR) is 104 cm³/mol. The van der Waals surface area contributed by atoms with Gasteiger partial charge in [-0.3, -0.25) is 5.41 Å². The van der Waals surface area contributed by atoms with Gasteiger partial charge in [0.2, 0.25) is 0 Å². The van der Waals surface area contributed by atoms with Gasteiger partial charge in [-0.25, -0.2) is 19.7 Å². The summed E-state index contributed by atoms with van der Waals surface area (Å²) in [6.07, 6.45) is 2.82. The molecule has 0 saturated heterocycles. The summed E-state index contributed by atoms with van der Waals surface area (Å²) in [5.41, 5.74) is 12.5. The van der Waals surface area contributed by atoms with Crippen LogP contribution in [0.1, 0.15) is 0 Å². The number of pyridine rings is 1. The van der Waals surface area contributed by atoms with Crippen molar-refractivity contribution in [1.82, 2.24) is 19.8 Å². The Hall–Kier alpha value is -3.71. The average Bonchev–Trinajstić information content (AvgIpc) is 3.18. The minimum atomic E-state index is -0.275. The maximum absolute atomic E-state index is 9.91. The lowest BCUT2D eigenvalue weighted by Crippen LogP contribution is -2.28. The Kier molecular flexibility index (Phi) is 5.37. The van der Waals surface area contributed by atoms with E-state index in [2.05, 4.69) is 25.5 Å². The molecular weight excluding hydrogens is 368 g/mol. The lowest BCUT2D eigenvalue weighted by atomic mass is 10.3. The van der Waals surface area contributed by atoms with Crippen molar-refractivity contribution in [2.75, 3.05) is 36.5 Å². The van der Waals surface area contributed by atoms with E-state index < -0.39 is 0 Å². The first-order chi connectivity index (χ1) is 13.4. The number of nitrogens with one attached hydrogen (secondary N) is 2. The highest BCUT2D eigenvalue weighted by atomic mass is 16.3. The molecule has 2 aromatic rings. The van der Waals surface area contributed by atoms with E-state index in [4.69, 9.17) is 27.1 Å². The molecule has 3 rings (SSSR count). The number of nitrogens with two attached hydrogens (primary N) is 2. The van der Waals surface area contributed by atoms with E-state index in [9.17, 15) is 5.11 Å². The number of rotatable bonds is 7. The van der Waals surface area contributed by atoms with Crippen LogP contribution >= 0.6 is 0 Å². The molecule has 0 unspecified atom stereocenters. The predicted octanol–water partition coefficient (Wildman–Crippen LogP) is -0.773. The summed E-state index contributed by atoms with van der Waals surface area (Å²) in [6, 6.07) is 1.29. The number of aromatic hydroxyl groups is 1. The summed E-state index contributed by atoms with van der Waals surface area (Å²) >= 11 is 0. The van der Waals surface area contributed by atoms with Gasteiger partial charge < -0.3 is 32.1 Å². The maximum atomic E-state index is 9.91. The number of amidine groups is 1. The van der Waals surface area contributed by atoms with Gasteiger partial charge in [0.05, 0.1) is 38.7 Å². The number of nitrogen functional groups attached to an aromatic ring is 2. The zero-order chi connectivity index (χ0) is 20.3. The Morgan fingerprint density at radius 1 is 1.21 bits per heavy atom. The molecule has 9 N–H and O–H groups in total. The number of aromatic nitrogens is 3. The molecule has 0 aromatic carbocycles. The molecule has 0 radical (unpaired) electrons. The highest BCUT2D eigenvalue weighted by molar-refractivity contribution is 6.63. The second kappa shape index (κ2) is 7.89. The van der Waals surface area contributed by atoms with E-state index in [1.807, 2.05) is 0 Å². The van der Waals surface area contributed by atoms with Crippen LogP contribution in [0.4, 0.5) is 28.8 Å². The molecule has 13 nitrogen and oxygen atoms in total.